The molecule has 0 radical (unpaired) electrons. The predicted molar refractivity (Wildman–Crippen MR) is 95.2 cm³/mol. The third-order valence-corrected chi connectivity index (χ3v) is 3.93. The van der Waals surface area contributed by atoms with Gasteiger partial charge in [0.1, 0.15) is 24.7 Å². The summed E-state index contributed by atoms with van der Waals surface area (Å²) in [5.74, 6) is -0.810. The van der Waals surface area contributed by atoms with Gasteiger partial charge in [-0.25, -0.2) is 4.39 Å². The molecule has 1 heterocycles. The predicted octanol–water partition coefficient (Wildman–Crippen LogP) is 3.26. The lowest BCUT2D eigenvalue weighted by Crippen LogP contribution is -2.30. The number of esters is 1. The van der Waals surface area contributed by atoms with E-state index in [2.05, 4.69) is 10.5 Å². The van der Waals surface area contributed by atoms with Gasteiger partial charge in [-0.2, -0.15) is 0 Å². The van der Waals surface area contributed by atoms with Crippen LogP contribution in [0.25, 0.3) is 11.3 Å². The highest BCUT2D eigenvalue weighted by molar-refractivity contribution is 5.95. The summed E-state index contributed by atoms with van der Waals surface area (Å²) in [5.41, 5.74) is 2.29. The maximum Gasteiger partial charge on any atom is 0.325 e. The van der Waals surface area contributed by atoms with Crippen LogP contribution < -0.4 is 5.32 Å². The molecular weight excluding hydrogens is 351 g/mol. The molecule has 3 aromatic rings. The van der Waals surface area contributed by atoms with Gasteiger partial charge in [-0.15, -0.1) is 0 Å². The highest BCUT2D eigenvalue weighted by atomic mass is 19.1. The number of halogens is 1. The molecule has 138 valence electrons. The minimum atomic E-state index is -0.593. The Bertz CT molecular complexity index is 936. The van der Waals surface area contributed by atoms with Gasteiger partial charge in [0, 0.05) is 16.7 Å². The number of rotatable bonds is 6. The van der Waals surface area contributed by atoms with Gasteiger partial charge in [0.05, 0.1) is 0 Å². The number of carbonyl (C=O) groups is 2. The van der Waals surface area contributed by atoms with Crippen molar-refractivity contribution in [3.8, 4) is 11.3 Å². The molecule has 0 saturated heterocycles. The first-order chi connectivity index (χ1) is 13.0. The lowest BCUT2D eigenvalue weighted by Gasteiger charge is -2.06. The number of nitrogens with one attached hydrogen (secondary N) is 1. The highest BCUT2D eigenvalue weighted by Crippen LogP contribution is 2.26. The first-order valence-electron chi connectivity index (χ1n) is 8.24. The fourth-order valence-electron chi connectivity index (χ4n) is 2.42. The Morgan fingerprint density at radius 2 is 1.81 bits per heavy atom. The number of aromatic nitrogens is 1. The molecule has 0 bridgehead atoms. The van der Waals surface area contributed by atoms with Crippen LogP contribution in [0.1, 0.15) is 21.6 Å². The summed E-state index contributed by atoms with van der Waals surface area (Å²) in [6.45, 7) is 1.43. The largest absolute Gasteiger partial charge is 0.458 e. The maximum atomic E-state index is 13.0. The van der Waals surface area contributed by atoms with Gasteiger partial charge < -0.3 is 14.6 Å². The Morgan fingerprint density at radius 1 is 1.11 bits per heavy atom. The van der Waals surface area contributed by atoms with Crippen molar-refractivity contribution in [3.63, 3.8) is 0 Å². The number of benzene rings is 2. The minimum absolute atomic E-state index is 0.0867. The summed E-state index contributed by atoms with van der Waals surface area (Å²) in [6, 6.07) is 14.4. The monoisotopic (exact) mass is 368 g/mol. The number of nitrogens with zero attached hydrogens (tertiary/aromatic N) is 1. The molecule has 1 N–H and O–H groups in total. The molecule has 0 aliphatic carbocycles. The molecule has 2 aromatic carbocycles. The van der Waals surface area contributed by atoms with Crippen LogP contribution >= 0.6 is 0 Å². The molecule has 6 nitrogen and oxygen atoms in total. The van der Waals surface area contributed by atoms with E-state index in [0.717, 1.165) is 0 Å². The highest BCUT2D eigenvalue weighted by Gasteiger charge is 2.16. The number of carbonyl (C=O) groups excluding carboxylic acids is 2. The average molecular weight is 368 g/mol. The summed E-state index contributed by atoms with van der Waals surface area (Å²) in [6.07, 6.45) is 0. The number of hydrogen-bond donors (Lipinski definition) is 1. The standard InChI is InChI=1S/C20H17FN2O4/c1-13-17(23-27-19(13)14-7-9-16(21)10-8-14)12-26-18(24)11-22-20(25)15-5-3-2-4-6-15/h2-10H,11-12H2,1H3,(H,22,25). The summed E-state index contributed by atoms with van der Waals surface area (Å²) < 4.78 is 23.4. The van der Waals surface area contributed by atoms with Crippen LogP contribution in [-0.2, 0) is 16.1 Å². The second kappa shape index (κ2) is 8.27. The van der Waals surface area contributed by atoms with E-state index in [1.165, 1.54) is 12.1 Å². The lowest BCUT2D eigenvalue weighted by molar-refractivity contribution is -0.143. The Hall–Kier alpha value is -3.48. The van der Waals surface area contributed by atoms with E-state index in [9.17, 15) is 14.0 Å². The minimum Gasteiger partial charge on any atom is -0.458 e. The third-order valence-electron chi connectivity index (χ3n) is 3.93. The first kappa shape index (κ1) is 18.3. The van der Waals surface area contributed by atoms with Crippen molar-refractivity contribution in [2.45, 2.75) is 13.5 Å². The number of ether oxygens (including phenoxy) is 1. The van der Waals surface area contributed by atoms with E-state index in [4.69, 9.17) is 9.26 Å². The molecule has 0 fully saturated rings. The van der Waals surface area contributed by atoms with Crippen LogP contribution in [0, 0.1) is 12.7 Å². The van der Waals surface area contributed by atoms with Crippen LogP contribution in [0.2, 0.25) is 0 Å². The van der Waals surface area contributed by atoms with Crippen molar-refractivity contribution in [3.05, 3.63) is 77.2 Å². The molecule has 3 rings (SSSR count). The zero-order valence-corrected chi connectivity index (χ0v) is 14.6. The zero-order chi connectivity index (χ0) is 19.2. The number of amides is 1. The van der Waals surface area contributed by atoms with Gasteiger partial charge in [-0.05, 0) is 43.3 Å². The van der Waals surface area contributed by atoms with Gasteiger partial charge in [-0.3, -0.25) is 9.59 Å². The Labute approximate surface area is 154 Å². The Morgan fingerprint density at radius 3 is 2.52 bits per heavy atom. The quantitative estimate of drug-likeness (QED) is 0.676. The van der Waals surface area contributed by atoms with Crippen LogP contribution in [0.5, 0.6) is 0 Å². The second-order valence-electron chi connectivity index (χ2n) is 5.80. The van der Waals surface area contributed by atoms with E-state index in [0.29, 0.717) is 28.1 Å². The Balaban J connectivity index is 1.53. The smallest absolute Gasteiger partial charge is 0.325 e. The van der Waals surface area contributed by atoms with Crippen molar-refractivity contribution < 1.29 is 23.2 Å². The van der Waals surface area contributed by atoms with E-state index in [-0.39, 0.29) is 24.9 Å². The molecule has 7 heteroatoms. The van der Waals surface area contributed by atoms with Crippen LogP contribution in [0.4, 0.5) is 4.39 Å². The molecule has 0 saturated carbocycles. The van der Waals surface area contributed by atoms with Crippen LogP contribution in [0.15, 0.2) is 59.1 Å². The van der Waals surface area contributed by atoms with E-state index < -0.39 is 5.97 Å². The summed E-state index contributed by atoms with van der Waals surface area (Å²) in [5, 5.41) is 6.39. The molecule has 0 unspecified atom stereocenters. The van der Waals surface area contributed by atoms with Gasteiger partial charge in [0.25, 0.3) is 5.91 Å². The third kappa shape index (κ3) is 4.58. The van der Waals surface area contributed by atoms with Gasteiger partial charge in [-0.1, -0.05) is 23.4 Å². The first-order valence-corrected chi connectivity index (χ1v) is 8.24. The van der Waals surface area contributed by atoms with E-state index in [1.807, 2.05) is 0 Å². The summed E-state index contributed by atoms with van der Waals surface area (Å²) in [7, 11) is 0. The molecule has 0 atom stereocenters. The molecule has 0 spiro atoms. The van der Waals surface area contributed by atoms with Crippen molar-refractivity contribution in [1.29, 1.82) is 0 Å². The molecular formula is C20H17FN2O4. The molecule has 1 amide bonds. The van der Waals surface area contributed by atoms with Crippen LogP contribution in [0.3, 0.4) is 0 Å². The fraction of sp³-hybridized carbons (Fsp3) is 0.150. The SMILES string of the molecule is Cc1c(COC(=O)CNC(=O)c2ccccc2)noc1-c1ccc(F)cc1. The zero-order valence-electron chi connectivity index (χ0n) is 14.6. The van der Waals surface area contributed by atoms with Crippen molar-refractivity contribution >= 4 is 11.9 Å². The van der Waals surface area contributed by atoms with Crippen molar-refractivity contribution in [2.75, 3.05) is 6.54 Å². The topological polar surface area (TPSA) is 81.4 Å². The van der Waals surface area contributed by atoms with E-state index in [1.54, 1.807) is 49.4 Å². The van der Waals surface area contributed by atoms with E-state index >= 15 is 0 Å². The Kier molecular flexibility index (Phi) is 5.61. The number of hydrogen-bond acceptors (Lipinski definition) is 5. The molecule has 0 aliphatic heterocycles. The van der Waals surface area contributed by atoms with Crippen molar-refractivity contribution in [2.24, 2.45) is 0 Å². The second-order valence-corrected chi connectivity index (χ2v) is 5.80. The maximum absolute atomic E-state index is 13.0. The van der Waals surface area contributed by atoms with Gasteiger partial charge >= 0.3 is 5.97 Å². The van der Waals surface area contributed by atoms with Crippen LogP contribution in [-0.4, -0.2) is 23.6 Å². The normalized spacial score (nSPS) is 10.4. The van der Waals surface area contributed by atoms with Crippen molar-refractivity contribution in [1.82, 2.24) is 10.5 Å². The molecule has 0 aliphatic rings. The van der Waals surface area contributed by atoms with Gasteiger partial charge in [0.2, 0.25) is 0 Å². The lowest BCUT2D eigenvalue weighted by atomic mass is 10.1. The summed E-state index contributed by atoms with van der Waals surface area (Å²) >= 11 is 0. The molecule has 27 heavy (non-hydrogen) atoms. The average Bonchev–Trinajstić information content (AvgIpc) is 3.06. The fourth-order valence-corrected chi connectivity index (χ4v) is 2.42. The van der Waals surface area contributed by atoms with Gasteiger partial charge in [0.15, 0.2) is 5.76 Å². The molecule has 1 aromatic heterocycles. The summed E-state index contributed by atoms with van der Waals surface area (Å²) in [4.78, 5) is 23.7.